The fraction of sp³-hybridized carbons (Fsp3) is 0.667. The molecule has 0 heterocycles. The van der Waals surface area contributed by atoms with Crippen molar-refractivity contribution >= 4 is 0 Å². The van der Waals surface area contributed by atoms with Gasteiger partial charge in [0, 0.05) is 6.54 Å². The van der Waals surface area contributed by atoms with Crippen molar-refractivity contribution in [2.24, 2.45) is 5.41 Å². The standard InChI is InChI=1S/C18H31NO/c1-4-14-19-16-18(5-2,6-3)13-10-15-20-17-11-8-7-9-12-17/h7-9,11-12,19H,4-6,10,13-16H2,1-3H3. The van der Waals surface area contributed by atoms with Gasteiger partial charge in [0.1, 0.15) is 5.75 Å². The number of hydrogen-bond acceptors (Lipinski definition) is 2. The van der Waals surface area contributed by atoms with Crippen molar-refractivity contribution in [3.05, 3.63) is 30.3 Å². The lowest BCUT2D eigenvalue weighted by Gasteiger charge is -2.32. The molecule has 1 N–H and O–H groups in total. The van der Waals surface area contributed by atoms with Crippen LogP contribution in [-0.4, -0.2) is 19.7 Å². The number of ether oxygens (including phenoxy) is 1. The summed E-state index contributed by atoms with van der Waals surface area (Å²) in [5.74, 6) is 0.982. The molecule has 0 aromatic heterocycles. The summed E-state index contributed by atoms with van der Waals surface area (Å²) in [5, 5.41) is 3.60. The van der Waals surface area contributed by atoms with Crippen LogP contribution in [0.4, 0.5) is 0 Å². The number of hydrogen-bond donors (Lipinski definition) is 1. The van der Waals surface area contributed by atoms with Crippen LogP contribution >= 0.6 is 0 Å². The minimum atomic E-state index is 0.440. The topological polar surface area (TPSA) is 21.3 Å². The molecule has 0 aliphatic rings. The fourth-order valence-electron chi connectivity index (χ4n) is 2.63. The summed E-state index contributed by atoms with van der Waals surface area (Å²) in [6.07, 6.45) is 6.06. The normalized spacial score (nSPS) is 11.6. The molecule has 0 bridgehead atoms. The molecule has 0 saturated carbocycles. The van der Waals surface area contributed by atoms with E-state index in [9.17, 15) is 0 Å². The van der Waals surface area contributed by atoms with Crippen molar-refractivity contribution in [2.45, 2.75) is 52.9 Å². The maximum Gasteiger partial charge on any atom is 0.119 e. The third-order valence-electron chi connectivity index (χ3n) is 4.29. The van der Waals surface area contributed by atoms with Gasteiger partial charge in [-0.2, -0.15) is 0 Å². The van der Waals surface area contributed by atoms with Crippen molar-refractivity contribution in [1.82, 2.24) is 5.32 Å². The van der Waals surface area contributed by atoms with Crippen molar-refractivity contribution in [1.29, 1.82) is 0 Å². The van der Waals surface area contributed by atoms with Gasteiger partial charge in [-0.15, -0.1) is 0 Å². The Balaban J connectivity index is 2.31. The minimum absolute atomic E-state index is 0.440. The minimum Gasteiger partial charge on any atom is -0.494 e. The monoisotopic (exact) mass is 277 g/mol. The van der Waals surface area contributed by atoms with Crippen molar-refractivity contribution in [2.75, 3.05) is 19.7 Å². The third kappa shape index (κ3) is 5.96. The molecule has 0 unspecified atom stereocenters. The summed E-state index contributed by atoms with van der Waals surface area (Å²) < 4.78 is 5.80. The van der Waals surface area contributed by atoms with Gasteiger partial charge in [-0.25, -0.2) is 0 Å². The molecule has 0 aliphatic carbocycles. The molecule has 1 aromatic rings. The Morgan fingerprint density at radius 2 is 1.75 bits per heavy atom. The average Bonchev–Trinajstić information content (AvgIpc) is 2.51. The van der Waals surface area contributed by atoms with Gasteiger partial charge < -0.3 is 10.1 Å². The molecular weight excluding hydrogens is 246 g/mol. The zero-order valence-corrected chi connectivity index (χ0v) is 13.5. The third-order valence-corrected chi connectivity index (χ3v) is 4.29. The largest absolute Gasteiger partial charge is 0.494 e. The Labute approximate surface area is 124 Å². The zero-order valence-electron chi connectivity index (χ0n) is 13.5. The highest BCUT2D eigenvalue weighted by molar-refractivity contribution is 5.20. The van der Waals surface area contributed by atoms with Gasteiger partial charge in [-0.1, -0.05) is 39.0 Å². The van der Waals surface area contributed by atoms with Gasteiger partial charge in [0.25, 0.3) is 0 Å². The van der Waals surface area contributed by atoms with Crippen LogP contribution < -0.4 is 10.1 Å². The van der Waals surface area contributed by atoms with Gasteiger partial charge in [-0.3, -0.25) is 0 Å². The van der Waals surface area contributed by atoms with Crippen molar-refractivity contribution in [3.8, 4) is 5.75 Å². The van der Waals surface area contributed by atoms with E-state index >= 15 is 0 Å². The van der Waals surface area contributed by atoms with Gasteiger partial charge in [-0.05, 0) is 56.2 Å². The average molecular weight is 277 g/mol. The Morgan fingerprint density at radius 3 is 2.35 bits per heavy atom. The second kappa shape index (κ2) is 9.82. The fourth-order valence-corrected chi connectivity index (χ4v) is 2.63. The van der Waals surface area contributed by atoms with Crippen LogP contribution in [0.3, 0.4) is 0 Å². The quantitative estimate of drug-likeness (QED) is 0.594. The molecule has 2 heteroatoms. The molecule has 0 amide bonds. The van der Waals surface area contributed by atoms with Crippen molar-refractivity contribution in [3.63, 3.8) is 0 Å². The van der Waals surface area contributed by atoms with E-state index < -0.39 is 0 Å². The van der Waals surface area contributed by atoms with Gasteiger partial charge >= 0.3 is 0 Å². The first-order valence-corrected chi connectivity index (χ1v) is 8.15. The lowest BCUT2D eigenvalue weighted by Crippen LogP contribution is -2.34. The highest BCUT2D eigenvalue weighted by atomic mass is 16.5. The van der Waals surface area contributed by atoms with Crippen LogP contribution in [0, 0.1) is 5.41 Å². The second-order valence-electron chi connectivity index (χ2n) is 5.65. The number of nitrogens with one attached hydrogen (secondary N) is 1. The molecule has 1 rings (SSSR count). The highest BCUT2D eigenvalue weighted by Gasteiger charge is 2.24. The predicted molar refractivity (Wildman–Crippen MR) is 87.3 cm³/mol. The van der Waals surface area contributed by atoms with E-state index in [1.54, 1.807) is 0 Å². The molecule has 0 aliphatic heterocycles. The van der Waals surface area contributed by atoms with E-state index in [-0.39, 0.29) is 0 Å². The smallest absolute Gasteiger partial charge is 0.119 e. The Bertz CT molecular complexity index is 333. The summed E-state index contributed by atoms with van der Waals surface area (Å²) in [6.45, 7) is 9.94. The SMILES string of the molecule is CCCNCC(CC)(CC)CCCOc1ccccc1. The number of benzene rings is 1. The van der Waals surface area contributed by atoms with E-state index in [1.165, 1.54) is 25.7 Å². The van der Waals surface area contributed by atoms with Crippen LogP contribution in [0.2, 0.25) is 0 Å². The summed E-state index contributed by atoms with van der Waals surface area (Å²) in [6, 6.07) is 10.1. The first-order valence-electron chi connectivity index (χ1n) is 8.15. The Kier molecular flexibility index (Phi) is 8.36. The number of rotatable bonds is 11. The van der Waals surface area contributed by atoms with E-state index in [4.69, 9.17) is 4.74 Å². The molecule has 1 aromatic carbocycles. The molecular formula is C18H31NO. The maximum absolute atomic E-state index is 5.80. The molecule has 0 atom stereocenters. The summed E-state index contributed by atoms with van der Waals surface area (Å²) >= 11 is 0. The Morgan fingerprint density at radius 1 is 1.05 bits per heavy atom. The van der Waals surface area contributed by atoms with Crippen LogP contribution in [0.5, 0.6) is 5.75 Å². The maximum atomic E-state index is 5.80. The van der Waals surface area contributed by atoms with Crippen molar-refractivity contribution < 1.29 is 4.74 Å². The van der Waals surface area contributed by atoms with Gasteiger partial charge in [0.2, 0.25) is 0 Å². The van der Waals surface area contributed by atoms with Crippen LogP contribution in [0.15, 0.2) is 30.3 Å². The molecule has 2 nitrogen and oxygen atoms in total. The summed E-state index contributed by atoms with van der Waals surface area (Å²) in [5.41, 5.74) is 0.440. The summed E-state index contributed by atoms with van der Waals surface area (Å²) in [4.78, 5) is 0. The lowest BCUT2D eigenvalue weighted by molar-refractivity contribution is 0.199. The van der Waals surface area contributed by atoms with Gasteiger partial charge in [0.05, 0.1) is 6.61 Å². The molecule has 0 saturated heterocycles. The summed E-state index contributed by atoms with van der Waals surface area (Å²) in [7, 11) is 0. The lowest BCUT2D eigenvalue weighted by atomic mass is 9.78. The first-order chi connectivity index (χ1) is 9.76. The predicted octanol–water partition coefficient (Wildman–Crippen LogP) is 4.65. The van der Waals surface area contributed by atoms with Crippen LogP contribution in [0.25, 0.3) is 0 Å². The molecule has 0 fully saturated rings. The second-order valence-corrected chi connectivity index (χ2v) is 5.65. The zero-order chi connectivity index (χ0) is 14.7. The Hall–Kier alpha value is -1.02. The first kappa shape index (κ1) is 17.0. The highest BCUT2D eigenvalue weighted by Crippen LogP contribution is 2.31. The molecule has 0 radical (unpaired) electrons. The molecule has 20 heavy (non-hydrogen) atoms. The van der Waals surface area contributed by atoms with Gasteiger partial charge in [0.15, 0.2) is 0 Å². The van der Waals surface area contributed by atoms with Crippen LogP contribution in [-0.2, 0) is 0 Å². The van der Waals surface area contributed by atoms with Crippen LogP contribution in [0.1, 0.15) is 52.9 Å². The number of para-hydroxylation sites is 1. The molecule has 0 spiro atoms. The molecule has 114 valence electrons. The van der Waals surface area contributed by atoms with E-state index in [0.717, 1.165) is 31.9 Å². The van der Waals surface area contributed by atoms with E-state index in [1.807, 2.05) is 30.3 Å². The van der Waals surface area contributed by atoms with E-state index in [0.29, 0.717) is 5.41 Å². The van der Waals surface area contributed by atoms with E-state index in [2.05, 4.69) is 26.1 Å².